The minimum atomic E-state index is -0.468. The third kappa shape index (κ3) is 3.57. The number of rotatable bonds is 7. The molecular weight excluding hydrogens is 310 g/mol. The molecule has 0 aromatic heterocycles. The zero-order valence-corrected chi connectivity index (χ0v) is 15.5. The molecule has 25 heavy (non-hydrogen) atoms. The minimum absolute atomic E-state index is 0.0338. The molecule has 0 N–H and O–H groups in total. The lowest BCUT2D eigenvalue weighted by atomic mass is 9.76. The van der Waals surface area contributed by atoms with Gasteiger partial charge in [0.2, 0.25) is 0 Å². The fraction of sp³-hybridized carbons (Fsp3) is 0.500. The average molecular weight is 339 g/mol. The predicted molar refractivity (Wildman–Crippen MR) is 103 cm³/mol. The second-order valence-electron chi connectivity index (χ2n) is 6.98. The van der Waals surface area contributed by atoms with Crippen molar-refractivity contribution in [3.63, 3.8) is 0 Å². The summed E-state index contributed by atoms with van der Waals surface area (Å²) in [7, 11) is 0. The molecular formula is C22H29NO2. The van der Waals surface area contributed by atoms with Crippen molar-refractivity contribution < 1.29 is 9.53 Å². The maximum Gasteiger partial charge on any atom is 0.316 e. The molecule has 2 aromatic carbocycles. The van der Waals surface area contributed by atoms with Crippen LogP contribution >= 0.6 is 0 Å². The first-order valence-corrected chi connectivity index (χ1v) is 9.59. The van der Waals surface area contributed by atoms with Crippen molar-refractivity contribution in [1.29, 1.82) is 0 Å². The largest absolute Gasteiger partial charge is 0.464 e. The molecule has 0 aliphatic heterocycles. The van der Waals surface area contributed by atoms with E-state index < -0.39 is 5.41 Å². The summed E-state index contributed by atoms with van der Waals surface area (Å²) in [6.07, 6.45) is 3.97. The molecule has 3 rings (SSSR count). The van der Waals surface area contributed by atoms with Crippen LogP contribution in [0.25, 0.3) is 10.8 Å². The quantitative estimate of drug-likeness (QED) is 0.694. The lowest BCUT2D eigenvalue weighted by Gasteiger charge is -2.29. The van der Waals surface area contributed by atoms with E-state index in [2.05, 4.69) is 61.2 Å². The number of carbonyl (C=O) groups is 1. The molecule has 3 heteroatoms. The highest BCUT2D eigenvalue weighted by Gasteiger charge is 2.45. The van der Waals surface area contributed by atoms with Crippen molar-refractivity contribution in [2.75, 3.05) is 26.2 Å². The summed E-state index contributed by atoms with van der Waals surface area (Å²) in [6.45, 7) is 7.54. The molecule has 134 valence electrons. The van der Waals surface area contributed by atoms with Crippen molar-refractivity contribution in [1.82, 2.24) is 4.90 Å². The van der Waals surface area contributed by atoms with Gasteiger partial charge in [-0.3, -0.25) is 4.79 Å². The number of carbonyl (C=O) groups excluding carboxylic acids is 1. The highest BCUT2D eigenvalue weighted by molar-refractivity contribution is 5.94. The lowest BCUT2D eigenvalue weighted by molar-refractivity contribution is -0.151. The van der Waals surface area contributed by atoms with Gasteiger partial charge < -0.3 is 9.64 Å². The van der Waals surface area contributed by atoms with E-state index in [9.17, 15) is 4.79 Å². The first kappa shape index (κ1) is 17.9. The Balaban J connectivity index is 1.85. The molecule has 0 unspecified atom stereocenters. The van der Waals surface area contributed by atoms with Crippen LogP contribution in [-0.2, 0) is 14.9 Å². The Morgan fingerprint density at radius 3 is 2.44 bits per heavy atom. The summed E-state index contributed by atoms with van der Waals surface area (Å²) in [5.74, 6) is -0.0338. The molecule has 1 aliphatic rings. The molecule has 0 bridgehead atoms. The van der Waals surface area contributed by atoms with Gasteiger partial charge in [0.05, 0.1) is 5.41 Å². The van der Waals surface area contributed by atoms with E-state index in [1.807, 2.05) is 0 Å². The van der Waals surface area contributed by atoms with Crippen LogP contribution in [-0.4, -0.2) is 37.1 Å². The normalized spacial score (nSPS) is 16.4. The number of likely N-dealkylation sites (N-methyl/N-ethyl adjacent to an activating group) is 1. The zero-order chi connectivity index (χ0) is 17.7. The zero-order valence-electron chi connectivity index (χ0n) is 15.5. The molecule has 1 saturated carbocycles. The van der Waals surface area contributed by atoms with E-state index in [1.165, 1.54) is 10.8 Å². The Morgan fingerprint density at radius 1 is 1.04 bits per heavy atom. The van der Waals surface area contributed by atoms with Gasteiger partial charge in [-0.15, -0.1) is 0 Å². The molecule has 0 saturated heterocycles. The van der Waals surface area contributed by atoms with Crippen molar-refractivity contribution in [3.8, 4) is 0 Å². The third-order valence-electron chi connectivity index (χ3n) is 5.69. The molecule has 0 heterocycles. The van der Waals surface area contributed by atoms with E-state index >= 15 is 0 Å². The van der Waals surface area contributed by atoms with Crippen molar-refractivity contribution in [2.24, 2.45) is 0 Å². The van der Waals surface area contributed by atoms with E-state index in [0.29, 0.717) is 6.61 Å². The molecule has 2 aromatic rings. The highest BCUT2D eigenvalue weighted by Crippen LogP contribution is 2.44. The Hall–Kier alpha value is -1.87. The van der Waals surface area contributed by atoms with Gasteiger partial charge >= 0.3 is 5.97 Å². The summed E-state index contributed by atoms with van der Waals surface area (Å²) in [6, 6.07) is 14.7. The minimum Gasteiger partial charge on any atom is -0.464 e. The summed E-state index contributed by atoms with van der Waals surface area (Å²) >= 11 is 0. The fourth-order valence-electron chi connectivity index (χ4n) is 4.15. The van der Waals surface area contributed by atoms with E-state index in [-0.39, 0.29) is 5.97 Å². The molecule has 1 aliphatic carbocycles. The number of ether oxygens (including phenoxy) is 1. The van der Waals surface area contributed by atoms with E-state index in [1.54, 1.807) is 0 Å². The van der Waals surface area contributed by atoms with Crippen LogP contribution in [0.2, 0.25) is 0 Å². The molecule has 3 nitrogen and oxygen atoms in total. The van der Waals surface area contributed by atoms with Crippen LogP contribution in [0.1, 0.15) is 45.1 Å². The summed E-state index contributed by atoms with van der Waals surface area (Å²) in [4.78, 5) is 15.4. The van der Waals surface area contributed by atoms with Crippen molar-refractivity contribution in [2.45, 2.75) is 44.9 Å². The van der Waals surface area contributed by atoms with E-state index in [0.717, 1.165) is 50.9 Å². The SMILES string of the molecule is CCN(CC)CCOC(=O)C1(c2cccc3ccccc23)CCCC1. The summed E-state index contributed by atoms with van der Waals surface area (Å²) < 4.78 is 5.79. The lowest BCUT2D eigenvalue weighted by Crippen LogP contribution is -2.37. The molecule has 0 spiro atoms. The third-order valence-corrected chi connectivity index (χ3v) is 5.69. The van der Waals surface area contributed by atoms with Crippen molar-refractivity contribution in [3.05, 3.63) is 48.0 Å². The van der Waals surface area contributed by atoms with E-state index in [4.69, 9.17) is 4.74 Å². The molecule has 0 amide bonds. The fourth-order valence-corrected chi connectivity index (χ4v) is 4.15. The van der Waals surface area contributed by atoms with Crippen LogP contribution in [0.15, 0.2) is 42.5 Å². The standard InChI is InChI=1S/C22H29NO2/c1-3-23(4-2)16-17-25-21(24)22(14-7-8-15-22)20-13-9-11-18-10-5-6-12-19(18)20/h5-6,9-13H,3-4,7-8,14-17H2,1-2H3. The Morgan fingerprint density at radius 2 is 1.72 bits per heavy atom. The van der Waals surface area contributed by atoms with Crippen LogP contribution in [0, 0.1) is 0 Å². The van der Waals surface area contributed by atoms with Gasteiger partial charge in [0.1, 0.15) is 6.61 Å². The Kier molecular flexibility index (Phi) is 5.74. The smallest absolute Gasteiger partial charge is 0.316 e. The molecule has 1 fully saturated rings. The van der Waals surface area contributed by atoms with Gasteiger partial charge in [0.25, 0.3) is 0 Å². The number of hydrogen-bond donors (Lipinski definition) is 0. The van der Waals surface area contributed by atoms with Gasteiger partial charge in [0.15, 0.2) is 0 Å². The first-order chi connectivity index (χ1) is 12.2. The Bertz CT molecular complexity index is 710. The van der Waals surface area contributed by atoms with Crippen LogP contribution < -0.4 is 0 Å². The number of benzene rings is 2. The Labute approximate surface area is 151 Å². The monoisotopic (exact) mass is 339 g/mol. The van der Waals surface area contributed by atoms with Gasteiger partial charge in [-0.1, -0.05) is 69.2 Å². The highest BCUT2D eigenvalue weighted by atomic mass is 16.5. The van der Waals surface area contributed by atoms with Gasteiger partial charge in [-0.05, 0) is 42.3 Å². The van der Waals surface area contributed by atoms with Gasteiger partial charge in [0, 0.05) is 6.54 Å². The second-order valence-corrected chi connectivity index (χ2v) is 6.98. The van der Waals surface area contributed by atoms with Crippen molar-refractivity contribution >= 4 is 16.7 Å². The first-order valence-electron chi connectivity index (χ1n) is 9.59. The van der Waals surface area contributed by atoms with Gasteiger partial charge in [-0.2, -0.15) is 0 Å². The van der Waals surface area contributed by atoms with Crippen LogP contribution in [0.5, 0.6) is 0 Å². The summed E-state index contributed by atoms with van der Waals surface area (Å²) in [5, 5.41) is 2.38. The number of nitrogens with zero attached hydrogens (tertiary/aromatic N) is 1. The maximum absolute atomic E-state index is 13.1. The molecule has 0 atom stereocenters. The summed E-state index contributed by atoms with van der Waals surface area (Å²) in [5.41, 5.74) is 0.681. The number of esters is 1. The average Bonchev–Trinajstić information content (AvgIpc) is 3.15. The van der Waals surface area contributed by atoms with Crippen LogP contribution in [0.3, 0.4) is 0 Å². The number of fused-ring (bicyclic) bond motifs is 1. The second kappa shape index (κ2) is 8.01. The van der Waals surface area contributed by atoms with Gasteiger partial charge in [-0.25, -0.2) is 0 Å². The topological polar surface area (TPSA) is 29.5 Å². The molecule has 0 radical (unpaired) electrons. The number of hydrogen-bond acceptors (Lipinski definition) is 3. The maximum atomic E-state index is 13.1. The van der Waals surface area contributed by atoms with Crippen LogP contribution in [0.4, 0.5) is 0 Å². The predicted octanol–water partition coefficient (Wildman–Crippen LogP) is 4.54.